The van der Waals surface area contributed by atoms with Crippen molar-refractivity contribution in [3.8, 4) is 0 Å². The Kier molecular flexibility index (Phi) is 3.02. The molecule has 0 atom stereocenters. The molecule has 0 radical (unpaired) electrons. The van der Waals surface area contributed by atoms with Crippen LogP contribution in [0.1, 0.15) is 18.6 Å². The molecule has 0 saturated carbocycles. The minimum absolute atomic E-state index is 0.569. The fourth-order valence-corrected chi connectivity index (χ4v) is 2.20. The van der Waals surface area contributed by atoms with Gasteiger partial charge in [0, 0.05) is 6.42 Å². The molecule has 3 aromatic rings. The number of benzene rings is 1. The molecule has 5 nitrogen and oxygen atoms in total. The van der Waals surface area contributed by atoms with E-state index in [1.54, 1.807) is 0 Å². The second-order valence-corrected chi connectivity index (χ2v) is 4.62. The summed E-state index contributed by atoms with van der Waals surface area (Å²) in [6.07, 6.45) is 0.775. The third kappa shape index (κ3) is 2.24. The summed E-state index contributed by atoms with van der Waals surface area (Å²) in [6.45, 7) is 1.99. The molecule has 1 aromatic carbocycles. The number of para-hydroxylation sites is 2. The molecule has 0 aliphatic carbocycles. The maximum Gasteiger partial charge on any atom is 0.257 e. The van der Waals surface area contributed by atoms with Crippen LogP contribution in [0.25, 0.3) is 11.1 Å². The Morgan fingerprint density at radius 2 is 2.11 bits per heavy atom. The van der Waals surface area contributed by atoms with Gasteiger partial charge < -0.3 is 8.94 Å². The molecule has 0 aliphatic heterocycles. The second kappa shape index (κ2) is 4.81. The predicted molar refractivity (Wildman–Crippen MR) is 67.2 cm³/mol. The molecule has 0 fully saturated rings. The van der Waals surface area contributed by atoms with Crippen LogP contribution < -0.4 is 0 Å². The lowest BCUT2D eigenvalue weighted by atomic mass is 10.3. The Morgan fingerprint density at radius 1 is 1.22 bits per heavy atom. The van der Waals surface area contributed by atoms with E-state index in [4.69, 9.17) is 8.94 Å². The fourth-order valence-electron chi connectivity index (χ4n) is 1.53. The van der Waals surface area contributed by atoms with Gasteiger partial charge in [-0.15, -0.1) is 0 Å². The Bertz CT molecular complexity index is 629. The first-order valence-corrected chi connectivity index (χ1v) is 6.63. The van der Waals surface area contributed by atoms with Crippen LogP contribution in [0.5, 0.6) is 0 Å². The molecule has 0 spiro atoms. The van der Waals surface area contributed by atoms with E-state index in [2.05, 4.69) is 15.1 Å². The van der Waals surface area contributed by atoms with Gasteiger partial charge in [-0.1, -0.05) is 36.0 Å². The van der Waals surface area contributed by atoms with Gasteiger partial charge in [0.15, 0.2) is 11.4 Å². The third-order valence-corrected chi connectivity index (χ3v) is 3.23. The molecule has 0 saturated heterocycles. The van der Waals surface area contributed by atoms with Crippen molar-refractivity contribution < 1.29 is 8.94 Å². The Labute approximate surface area is 108 Å². The topological polar surface area (TPSA) is 65.0 Å². The summed E-state index contributed by atoms with van der Waals surface area (Å²) in [6, 6.07) is 7.68. The van der Waals surface area contributed by atoms with Crippen LogP contribution in [-0.2, 0) is 12.2 Å². The molecule has 92 valence electrons. The zero-order valence-electron chi connectivity index (χ0n) is 9.79. The molecule has 2 aromatic heterocycles. The van der Waals surface area contributed by atoms with E-state index in [0.717, 1.165) is 23.3 Å². The summed E-state index contributed by atoms with van der Waals surface area (Å²) < 4.78 is 10.7. The van der Waals surface area contributed by atoms with Gasteiger partial charge in [-0.05, 0) is 12.1 Å². The molecule has 3 rings (SSSR count). The van der Waals surface area contributed by atoms with Gasteiger partial charge in [-0.3, -0.25) is 0 Å². The van der Waals surface area contributed by atoms with Crippen LogP contribution in [0.2, 0.25) is 0 Å². The smallest absolute Gasteiger partial charge is 0.257 e. The lowest BCUT2D eigenvalue weighted by Crippen LogP contribution is -1.84. The lowest BCUT2D eigenvalue weighted by Gasteiger charge is -1.89. The van der Waals surface area contributed by atoms with Crippen LogP contribution in [0, 0.1) is 0 Å². The fraction of sp³-hybridized carbons (Fsp3) is 0.250. The van der Waals surface area contributed by atoms with Crippen molar-refractivity contribution in [1.82, 2.24) is 15.1 Å². The average molecular weight is 261 g/mol. The number of hydrogen-bond donors (Lipinski definition) is 0. The van der Waals surface area contributed by atoms with Gasteiger partial charge in [-0.25, -0.2) is 4.98 Å². The van der Waals surface area contributed by atoms with Crippen LogP contribution in [-0.4, -0.2) is 15.1 Å². The Balaban J connectivity index is 1.72. The quantitative estimate of drug-likeness (QED) is 0.672. The van der Waals surface area contributed by atoms with E-state index < -0.39 is 0 Å². The van der Waals surface area contributed by atoms with Gasteiger partial charge >= 0.3 is 0 Å². The Morgan fingerprint density at radius 3 is 2.89 bits per heavy atom. The van der Waals surface area contributed by atoms with Gasteiger partial charge in [-0.2, -0.15) is 4.98 Å². The van der Waals surface area contributed by atoms with Crippen molar-refractivity contribution in [1.29, 1.82) is 0 Å². The number of rotatable bonds is 4. The monoisotopic (exact) mass is 261 g/mol. The van der Waals surface area contributed by atoms with Crippen molar-refractivity contribution >= 4 is 22.9 Å². The first-order valence-electron chi connectivity index (χ1n) is 5.65. The van der Waals surface area contributed by atoms with Crippen LogP contribution in [0.15, 0.2) is 38.4 Å². The molecule has 0 aliphatic rings. The first-order chi connectivity index (χ1) is 8.85. The van der Waals surface area contributed by atoms with E-state index >= 15 is 0 Å². The van der Waals surface area contributed by atoms with E-state index in [-0.39, 0.29) is 0 Å². The minimum Gasteiger partial charge on any atom is -0.431 e. The number of aromatic nitrogens is 3. The number of aryl methyl sites for hydroxylation is 1. The standard InChI is InChI=1S/C12H11N3O2S/c1-2-10-14-11(17-15-10)7-18-12-13-8-5-3-4-6-9(8)16-12/h3-6H,2,7H2,1H3. The van der Waals surface area contributed by atoms with E-state index in [9.17, 15) is 0 Å². The summed E-state index contributed by atoms with van der Waals surface area (Å²) >= 11 is 1.45. The van der Waals surface area contributed by atoms with Crippen LogP contribution in [0.4, 0.5) is 0 Å². The summed E-state index contributed by atoms with van der Waals surface area (Å²) in [5, 5.41) is 4.46. The van der Waals surface area contributed by atoms with Crippen molar-refractivity contribution in [2.75, 3.05) is 0 Å². The van der Waals surface area contributed by atoms with Gasteiger partial charge in [0.05, 0.1) is 5.75 Å². The molecule has 18 heavy (non-hydrogen) atoms. The maximum absolute atomic E-state index is 5.58. The van der Waals surface area contributed by atoms with Crippen LogP contribution >= 0.6 is 11.8 Å². The van der Waals surface area contributed by atoms with Gasteiger partial charge in [0.1, 0.15) is 5.52 Å². The number of thioether (sulfide) groups is 1. The molecule has 0 N–H and O–H groups in total. The van der Waals surface area contributed by atoms with Crippen molar-refractivity contribution in [2.24, 2.45) is 0 Å². The van der Waals surface area contributed by atoms with Gasteiger partial charge in [0.2, 0.25) is 5.89 Å². The zero-order valence-corrected chi connectivity index (χ0v) is 10.6. The average Bonchev–Trinajstić information content (AvgIpc) is 3.02. The van der Waals surface area contributed by atoms with Crippen LogP contribution in [0.3, 0.4) is 0 Å². The van der Waals surface area contributed by atoms with E-state index in [0.29, 0.717) is 16.9 Å². The third-order valence-electron chi connectivity index (χ3n) is 2.42. The zero-order chi connectivity index (χ0) is 12.4. The second-order valence-electron chi connectivity index (χ2n) is 3.69. The highest BCUT2D eigenvalue weighted by atomic mass is 32.2. The largest absolute Gasteiger partial charge is 0.431 e. The highest BCUT2D eigenvalue weighted by Crippen LogP contribution is 2.25. The molecule has 0 unspecified atom stereocenters. The molecule has 0 bridgehead atoms. The highest BCUT2D eigenvalue weighted by Gasteiger charge is 2.09. The predicted octanol–water partition coefficient (Wildman–Crippen LogP) is 3.07. The van der Waals surface area contributed by atoms with Crippen molar-refractivity contribution in [3.05, 3.63) is 36.0 Å². The van der Waals surface area contributed by atoms with E-state index in [1.165, 1.54) is 11.8 Å². The number of oxazole rings is 1. The van der Waals surface area contributed by atoms with Crippen molar-refractivity contribution in [3.63, 3.8) is 0 Å². The lowest BCUT2D eigenvalue weighted by molar-refractivity contribution is 0.385. The normalized spacial score (nSPS) is 11.2. The maximum atomic E-state index is 5.58. The summed E-state index contributed by atoms with van der Waals surface area (Å²) in [5.74, 6) is 1.89. The first kappa shape index (κ1) is 11.3. The number of nitrogens with zero attached hydrogens (tertiary/aromatic N) is 3. The number of fused-ring (bicyclic) bond motifs is 1. The Hall–Kier alpha value is -1.82. The minimum atomic E-state index is 0.569. The molecule has 0 amide bonds. The molecular formula is C12H11N3O2S. The summed E-state index contributed by atoms with van der Waals surface area (Å²) in [4.78, 5) is 8.59. The van der Waals surface area contributed by atoms with E-state index in [1.807, 2.05) is 31.2 Å². The van der Waals surface area contributed by atoms with Crippen molar-refractivity contribution in [2.45, 2.75) is 24.3 Å². The van der Waals surface area contributed by atoms with Gasteiger partial charge in [0.25, 0.3) is 5.22 Å². The summed E-state index contributed by atoms with van der Waals surface area (Å²) in [5.41, 5.74) is 1.65. The highest BCUT2D eigenvalue weighted by molar-refractivity contribution is 7.98. The SMILES string of the molecule is CCc1noc(CSc2nc3ccccc3o2)n1. The molecule has 6 heteroatoms. The molecule has 2 heterocycles. The molecular weight excluding hydrogens is 250 g/mol. The summed E-state index contributed by atoms with van der Waals surface area (Å²) in [7, 11) is 0. The number of hydrogen-bond acceptors (Lipinski definition) is 6.